The second-order valence-corrected chi connectivity index (χ2v) is 5.41. The molecule has 1 N–H and O–H groups in total. The third-order valence-corrected chi connectivity index (χ3v) is 3.31. The van der Waals surface area contributed by atoms with Gasteiger partial charge in [0, 0.05) is 6.54 Å². The third-order valence-electron chi connectivity index (χ3n) is 3.31. The van der Waals surface area contributed by atoms with Crippen molar-refractivity contribution in [2.75, 3.05) is 6.54 Å². The van der Waals surface area contributed by atoms with E-state index >= 15 is 0 Å². The Bertz CT molecular complexity index is 325. The van der Waals surface area contributed by atoms with Crippen molar-refractivity contribution in [3.8, 4) is 0 Å². The summed E-state index contributed by atoms with van der Waals surface area (Å²) in [5.41, 5.74) is 1.01. The maximum Gasteiger partial charge on any atom is 0.123 e. The molecule has 0 spiro atoms. The van der Waals surface area contributed by atoms with Gasteiger partial charge in [0.2, 0.25) is 0 Å². The fraction of sp³-hybridized carbons (Fsp3) is 0.600. The SMILES string of the molecule is CC(C)C(CNCc1cccc(F)c1)C(C)C. The van der Waals surface area contributed by atoms with Crippen LogP contribution in [0.1, 0.15) is 33.3 Å². The first-order valence-electron chi connectivity index (χ1n) is 6.46. The number of hydrogen-bond donors (Lipinski definition) is 1. The number of rotatable bonds is 6. The zero-order valence-electron chi connectivity index (χ0n) is 11.3. The summed E-state index contributed by atoms with van der Waals surface area (Å²) >= 11 is 0. The van der Waals surface area contributed by atoms with Crippen LogP contribution in [0.4, 0.5) is 4.39 Å². The van der Waals surface area contributed by atoms with E-state index in [2.05, 4.69) is 33.0 Å². The molecule has 1 aromatic rings. The van der Waals surface area contributed by atoms with Crippen LogP contribution in [0, 0.1) is 23.6 Å². The van der Waals surface area contributed by atoms with E-state index in [4.69, 9.17) is 0 Å². The Morgan fingerprint density at radius 2 is 1.76 bits per heavy atom. The van der Waals surface area contributed by atoms with E-state index in [0.717, 1.165) is 18.7 Å². The van der Waals surface area contributed by atoms with Crippen LogP contribution in [0.3, 0.4) is 0 Å². The molecule has 0 atom stereocenters. The summed E-state index contributed by atoms with van der Waals surface area (Å²) in [4.78, 5) is 0. The highest BCUT2D eigenvalue weighted by molar-refractivity contribution is 5.15. The van der Waals surface area contributed by atoms with Crippen LogP contribution in [0.25, 0.3) is 0 Å². The minimum Gasteiger partial charge on any atom is -0.312 e. The molecule has 0 saturated heterocycles. The van der Waals surface area contributed by atoms with Gasteiger partial charge in [-0.25, -0.2) is 4.39 Å². The summed E-state index contributed by atoms with van der Waals surface area (Å²) < 4.78 is 13.0. The van der Waals surface area contributed by atoms with Crippen LogP contribution in [-0.4, -0.2) is 6.54 Å². The van der Waals surface area contributed by atoms with E-state index in [1.165, 1.54) is 6.07 Å². The molecule has 0 aliphatic carbocycles. The van der Waals surface area contributed by atoms with Crippen LogP contribution in [0.15, 0.2) is 24.3 Å². The van der Waals surface area contributed by atoms with E-state index in [-0.39, 0.29) is 5.82 Å². The minimum absolute atomic E-state index is 0.159. The lowest BCUT2D eigenvalue weighted by atomic mass is 9.85. The Morgan fingerprint density at radius 3 is 2.29 bits per heavy atom. The van der Waals surface area contributed by atoms with Crippen LogP contribution in [0.2, 0.25) is 0 Å². The first-order valence-corrected chi connectivity index (χ1v) is 6.46. The van der Waals surface area contributed by atoms with E-state index in [1.807, 2.05) is 6.07 Å². The molecule has 0 bridgehead atoms. The Labute approximate surface area is 104 Å². The molecule has 17 heavy (non-hydrogen) atoms. The van der Waals surface area contributed by atoms with Gasteiger partial charge in [0.05, 0.1) is 0 Å². The monoisotopic (exact) mass is 237 g/mol. The normalized spacial score (nSPS) is 11.8. The minimum atomic E-state index is -0.159. The van der Waals surface area contributed by atoms with E-state index in [0.29, 0.717) is 17.8 Å². The van der Waals surface area contributed by atoms with Gasteiger partial charge in [-0.3, -0.25) is 0 Å². The van der Waals surface area contributed by atoms with Gasteiger partial charge in [-0.05, 0) is 42.0 Å². The lowest BCUT2D eigenvalue weighted by Crippen LogP contribution is -2.29. The van der Waals surface area contributed by atoms with Crippen molar-refractivity contribution in [1.29, 1.82) is 0 Å². The summed E-state index contributed by atoms with van der Waals surface area (Å²) in [6.07, 6.45) is 0. The van der Waals surface area contributed by atoms with E-state index < -0.39 is 0 Å². The predicted octanol–water partition coefficient (Wildman–Crippen LogP) is 3.84. The number of hydrogen-bond acceptors (Lipinski definition) is 1. The fourth-order valence-corrected chi connectivity index (χ4v) is 2.27. The van der Waals surface area contributed by atoms with Crippen LogP contribution in [-0.2, 0) is 6.54 Å². The molecule has 1 rings (SSSR count). The molecule has 0 amide bonds. The molecule has 0 aliphatic heterocycles. The van der Waals surface area contributed by atoms with Gasteiger partial charge in [-0.15, -0.1) is 0 Å². The van der Waals surface area contributed by atoms with E-state index in [1.54, 1.807) is 12.1 Å². The van der Waals surface area contributed by atoms with Crippen molar-refractivity contribution in [2.24, 2.45) is 17.8 Å². The number of halogens is 1. The smallest absolute Gasteiger partial charge is 0.123 e. The summed E-state index contributed by atoms with van der Waals surface area (Å²) in [6, 6.07) is 6.78. The van der Waals surface area contributed by atoms with Crippen molar-refractivity contribution < 1.29 is 4.39 Å². The molecule has 1 nitrogen and oxygen atoms in total. The second-order valence-electron chi connectivity index (χ2n) is 5.41. The molecule has 96 valence electrons. The fourth-order valence-electron chi connectivity index (χ4n) is 2.27. The van der Waals surface area contributed by atoms with Gasteiger partial charge in [0.15, 0.2) is 0 Å². The Morgan fingerprint density at radius 1 is 1.12 bits per heavy atom. The third kappa shape index (κ3) is 4.86. The molecule has 1 aromatic carbocycles. The molecule has 0 radical (unpaired) electrons. The molecule has 0 heterocycles. The van der Waals surface area contributed by atoms with Crippen molar-refractivity contribution in [2.45, 2.75) is 34.2 Å². The highest BCUT2D eigenvalue weighted by Crippen LogP contribution is 2.19. The number of benzene rings is 1. The molecule has 0 aliphatic rings. The molecule has 0 unspecified atom stereocenters. The van der Waals surface area contributed by atoms with Gasteiger partial charge in [0.25, 0.3) is 0 Å². The van der Waals surface area contributed by atoms with Gasteiger partial charge in [-0.1, -0.05) is 39.8 Å². The average Bonchev–Trinajstić information content (AvgIpc) is 2.23. The molecular weight excluding hydrogens is 213 g/mol. The van der Waals surface area contributed by atoms with Gasteiger partial charge in [0.1, 0.15) is 5.82 Å². The molecule has 0 saturated carbocycles. The largest absolute Gasteiger partial charge is 0.312 e. The highest BCUT2D eigenvalue weighted by Gasteiger charge is 2.16. The molecular formula is C15H24FN. The Balaban J connectivity index is 2.41. The predicted molar refractivity (Wildman–Crippen MR) is 71.3 cm³/mol. The lowest BCUT2D eigenvalue weighted by Gasteiger charge is -2.25. The second kappa shape index (κ2) is 6.75. The standard InChI is InChI=1S/C15H24FN/c1-11(2)15(12(3)4)10-17-9-13-6-5-7-14(16)8-13/h5-8,11-12,15,17H,9-10H2,1-4H3. The van der Waals surface area contributed by atoms with Crippen LogP contribution < -0.4 is 5.32 Å². The van der Waals surface area contributed by atoms with Gasteiger partial charge < -0.3 is 5.32 Å². The van der Waals surface area contributed by atoms with Crippen LogP contribution in [0.5, 0.6) is 0 Å². The van der Waals surface area contributed by atoms with E-state index in [9.17, 15) is 4.39 Å². The zero-order valence-corrected chi connectivity index (χ0v) is 11.3. The highest BCUT2D eigenvalue weighted by atomic mass is 19.1. The van der Waals surface area contributed by atoms with Crippen molar-refractivity contribution in [3.63, 3.8) is 0 Å². The average molecular weight is 237 g/mol. The Kier molecular flexibility index (Phi) is 5.63. The quantitative estimate of drug-likeness (QED) is 0.792. The zero-order chi connectivity index (χ0) is 12.8. The maximum atomic E-state index is 13.0. The molecule has 0 fully saturated rings. The summed E-state index contributed by atoms with van der Waals surface area (Å²) in [7, 11) is 0. The topological polar surface area (TPSA) is 12.0 Å². The van der Waals surface area contributed by atoms with Crippen molar-refractivity contribution in [3.05, 3.63) is 35.6 Å². The first kappa shape index (κ1) is 14.2. The summed E-state index contributed by atoms with van der Waals surface area (Å²) in [5.74, 6) is 1.86. The first-order chi connectivity index (χ1) is 8.00. The molecule has 2 heteroatoms. The lowest BCUT2D eigenvalue weighted by molar-refractivity contribution is 0.275. The van der Waals surface area contributed by atoms with Crippen LogP contribution >= 0.6 is 0 Å². The maximum absolute atomic E-state index is 13.0. The Hall–Kier alpha value is -0.890. The van der Waals surface area contributed by atoms with Gasteiger partial charge >= 0.3 is 0 Å². The summed E-state index contributed by atoms with van der Waals surface area (Å²) in [5, 5.41) is 3.42. The van der Waals surface area contributed by atoms with Crippen molar-refractivity contribution >= 4 is 0 Å². The molecule has 0 aromatic heterocycles. The number of nitrogens with one attached hydrogen (secondary N) is 1. The van der Waals surface area contributed by atoms with Gasteiger partial charge in [-0.2, -0.15) is 0 Å². The summed E-state index contributed by atoms with van der Waals surface area (Å²) in [6.45, 7) is 10.8. The van der Waals surface area contributed by atoms with Crippen molar-refractivity contribution in [1.82, 2.24) is 5.32 Å².